The molecule has 1 aromatic rings. The monoisotopic (exact) mass is 396 g/mol. The Hall–Kier alpha value is -2.25. The van der Waals surface area contributed by atoms with E-state index in [4.69, 9.17) is 4.74 Å². The van der Waals surface area contributed by atoms with Gasteiger partial charge in [-0.3, -0.25) is 9.59 Å². The number of carbonyl (C=O) groups excluding carboxylic acids is 2. The Balaban J connectivity index is 1.63. The molecule has 0 aromatic heterocycles. The number of benzene rings is 1. The number of carbonyl (C=O) groups is 2. The number of ether oxygens (including phenoxy) is 1. The summed E-state index contributed by atoms with van der Waals surface area (Å²) in [4.78, 5) is 28.9. The second-order valence-corrected chi connectivity index (χ2v) is 7.67. The second-order valence-electron chi connectivity index (χ2n) is 7.67. The van der Waals surface area contributed by atoms with E-state index < -0.39 is 11.7 Å². The Morgan fingerprint density at radius 2 is 1.89 bits per heavy atom. The van der Waals surface area contributed by atoms with Crippen LogP contribution in [-0.4, -0.2) is 42.5 Å². The van der Waals surface area contributed by atoms with Crippen molar-refractivity contribution in [3.05, 3.63) is 23.8 Å². The minimum Gasteiger partial charge on any atom is -0.490 e. The summed E-state index contributed by atoms with van der Waals surface area (Å²) in [6.45, 7) is 1.11. The van der Waals surface area contributed by atoms with Crippen molar-refractivity contribution in [1.29, 1.82) is 0 Å². The Morgan fingerprint density at radius 1 is 1.11 bits per heavy atom. The third-order valence-electron chi connectivity index (χ3n) is 5.97. The van der Waals surface area contributed by atoms with Crippen LogP contribution < -0.4 is 9.64 Å². The summed E-state index contributed by atoms with van der Waals surface area (Å²) < 4.78 is 45.0. The van der Waals surface area contributed by atoms with Gasteiger partial charge in [0.2, 0.25) is 11.8 Å². The summed E-state index contributed by atoms with van der Waals surface area (Å²) in [5.74, 6) is -0.215. The van der Waals surface area contributed by atoms with Crippen molar-refractivity contribution in [2.45, 2.75) is 50.7 Å². The van der Waals surface area contributed by atoms with E-state index in [-0.39, 0.29) is 48.4 Å². The van der Waals surface area contributed by atoms with E-state index >= 15 is 0 Å². The molecule has 2 heterocycles. The average molecular weight is 396 g/mol. The lowest BCUT2D eigenvalue weighted by molar-refractivity contribution is -0.138. The van der Waals surface area contributed by atoms with E-state index in [9.17, 15) is 22.8 Å². The predicted molar refractivity (Wildman–Crippen MR) is 96.0 cm³/mol. The highest BCUT2D eigenvalue weighted by atomic mass is 19.4. The summed E-state index contributed by atoms with van der Waals surface area (Å²) in [5, 5.41) is 0. The van der Waals surface area contributed by atoms with Crippen molar-refractivity contribution >= 4 is 17.5 Å². The summed E-state index contributed by atoms with van der Waals surface area (Å²) in [6.07, 6.45) is 0.0700. The fourth-order valence-electron chi connectivity index (χ4n) is 4.62. The molecule has 2 aliphatic heterocycles. The molecule has 4 rings (SSSR count). The first-order chi connectivity index (χ1) is 13.4. The molecule has 0 spiro atoms. The molecular weight excluding hydrogens is 373 g/mol. The van der Waals surface area contributed by atoms with Crippen molar-refractivity contribution in [2.24, 2.45) is 5.92 Å². The highest BCUT2D eigenvalue weighted by Crippen LogP contribution is 2.40. The van der Waals surface area contributed by atoms with Crippen LogP contribution in [0, 0.1) is 5.92 Å². The first kappa shape index (κ1) is 19.1. The van der Waals surface area contributed by atoms with Crippen LogP contribution in [0.15, 0.2) is 18.2 Å². The zero-order valence-electron chi connectivity index (χ0n) is 15.5. The first-order valence-electron chi connectivity index (χ1n) is 9.81. The predicted octanol–water partition coefficient (Wildman–Crippen LogP) is 3.61. The van der Waals surface area contributed by atoms with Crippen molar-refractivity contribution in [1.82, 2.24) is 4.90 Å². The zero-order chi connectivity index (χ0) is 19.9. The Morgan fingerprint density at radius 3 is 2.61 bits per heavy atom. The maximum atomic E-state index is 13.4. The molecule has 0 N–H and O–H groups in total. The van der Waals surface area contributed by atoms with E-state index in [0.29, 0.717) is 19.4 Å². The summed E-state index contributed by atoms with van der Waals surface area (Å²) in [5.41, 5.74) is -0.632. The van der Waals surface area contributed by atoms with E-state index in [1.807, 2.05) is 4.90 Å². The van der Waals surface area contributed by atoms with Crippen LogP contribution in [0.3, 0.4) is 0 Å². The van der Waals surface area contributed by atoms with Crippen molar-refractivity contribution in [2.75, 3.05) is 24.6 Å². The van der Waals surface area contributed by atoms with Gasteiger partial charge in [0.05, 0.1) is 23.7 Å². The topological polar surface area (TPSA) is 49.9 Å². The van der Waals surface area contributed by atoms with Gasteiger partial charge in [-0.1, -0.05) is 12.8 Å². The Labute approximate surface area is 161 Å². The van der Waals surface area contributed by atoms with Gasteiger partial charge < -0.3 is 14.5 Å². The van der Waals surface area contributed by atoms with Gasteiger partial charge >= 0.3 is 6.18 Å². The zero-order valence-corrected chi connectivity index (χ0v) is 15.5. The highest BCUT2D eigenvalue weighted by molar-refractivity contribution is 5.97. The smallest absolute Gasteiger partial charge is 0.416 e. The minimum absolute atomic E-state index is 0.0754. The van der Waals surface area contributed by atoms with Crippen molar-refractivity contribution < 1.29 is 27.5 Å². The van der Waals surface area contributed by atoms with E-state index in [0.717, 1.165) is 37.8 Å². The standard InChI is InChI=1S/C20H23F3N2O3/c21-20(22,23)13-7-8-17-16(12-13)25(10-11-28-17)19(27)14-4-1-2-5-15(14)24-9-3-6-18(24)26/h7-8,12,14-15H,1-6,9-11H2/t14-,15+/m1/s1. The van der Waals surface area contributed by atoms with Gasteiger partial charge in [0, 0.05) is 19.0 Å². The van der Waals surface area contributed by atoms with Crippen LogP contribution in [0.4, 0.5) is 18.9 Å². The number of hydrogen-bond acceptors (Lipinski definition) is 3. The number of fused-ring (bicyclic) bond motifs is 1. The minimum atomic E-state index is -4.49. The Kier molecular flexibility index (Phi) is 4.97. The van der Waals surface area contributed by atoms with Crippen LogP contribution >= 0.6 is 0 Å². The fourth-order valence-corrected chi connectivity index (χ4v) is 4.62. The van der Waals surface area contributed by atoms with Gasteiger partial charge in [0.25, 0.3) is 0 Å². The number of nitrogens with zero attached hydrogens (tertiary/aromatic N) is 2. The largest absolute Gasteiger partial charge is 0.490 e. The lowest BCUT2D eigenvalue weighted by Gasteiger charge is -2.40. The maximum Gasteiger partial charge on any atom is 0.416 e. The van der Waals surface area contributed by atoms with Crippen LogP contribution in [0.25, 0.3) is 0 Å². The van der Waals surface area contributed by atoms with E-state index in [1.54, 1.807) is 0 Å². The molecule has 1 aliphatic carbocycles. The molecule has 1 saturated carbocycles. The van der Waals surface area contributed by atoms with Gasteiger partial charge in [-0.15, -0.1) is 0 Å². The molecule has 0 unspecified atom stereocenters. The van der Waals surface area contributed by atoms with Crippen LogP contribution in [0.2, 0.25) is 0 Å². The molecule has 152 valence electrons. The molecule has 0 bridgehead atoms. The molecule has 1 aromatic carbocycles. The molecule has 2 fully saturated rings. The van der Waals surface area contributed by atoms with Gasteiger partial charge in [-0.05, 0) is 37.5 Å². The molecule has 28 heavy (non-hydrogen) atoms. The lowest BCUT2D eigenvalue weighted by atomic mass is 9.82. The molecule has 0 radical (unpaired) electrons. The third kappa shape index (κ3) is 3.44. The van der Waals surface area contributed by atoms with Crippen LogP contribution in [0.1, 0.15) is 44.1 Å². The van der Waals surface area contributed by atoms with Gasteiger partial charge in [-0.2, -0.15) is 13.2 Å². The van der Waals surface area contributed by atoms with Gasteiger partial charge in [0.15, 0.2) is 0 Å². The van der Waals surface area contributed by atoms with Crippen molar-refractivity contribution in [3.63, 3.8) is 0 Å². The highest BCUT2D eigenvalue weighted by Gasteiger charge is 2.42. The number of likely N-dealkylation sites (tertiary alicyclic amines) is 1. The first-order valence-corrected chi connectivity index (χ1v) is 9.81. The van der Waals surface area contributed by atoms with Gasteiger partial charge in [0.1, 0.15) is 12.4 Å². The normalized spacial score (nSPS) is 25.5. The maximum absolute atomic E-state index is 13.4. The average Bonchev–Trinajstić information content (AvgIpc) is 3.11. The van der Waals surface area contributed by atoms with Gasteiger partial charge in [-0.25, -0.2) is 0 Å². The summed E-state index contributed by atoms with van der Waals surface area (Å²) >= 11 is 0. The SMILES string of the molecule is O=C([C@@H]1CCCC[C@@H]1N1CCCC1=O)N1CCOc2ccc(C(F)(F)F)cc21. The van der Waals surface area contributed by atoms with Crippen LogP contribution in [0.5, 0.6) is 5.75 Å². The number of alkyl halides is 3. The Bertz CT molecular complexity index is 780. The molecule has 2 atom stereocenters. The molecule has 2 amide bonds. The molecule has 3 aliphatic rings. The van der Waals surface area contributed by atoms with E-state index in [2.05, 4.69) is 0 Å². The van der Waals surface area contributed by atoms with Crippen LogP contribution in [-0.2, 0) is 15.8 Å². The second kappa shape index (κ2) is 7.29. The molecular formula is C20H23F3N2O3. The molecule has 1 saturated heterocycles. The lowest BCUT2D eigenvalue weighted by Crippen LogP contribution is -2.51. The molecule has 5 nitrogen and oxygen atoms in total. The number of halogens is 3. The fraction of sp³-hybridized carbons (Fsp3) is 0.600. The number of rotatable bonds is 2. The number of hydrogen-bond donors (Lipinski definition) is 0. The number of amides is 2. The van der Waals surface area contributed by atoms with E-state index in [1.165, 1.54) is 11.0 Å². The quantitative estimate of drug-likeness (QED) is 0.767. The number of anilines is 1. The third-order valence-corrected chi connectivity index (χ3v) is 5.97. The summed E-state index contributed by atoms with van der Waals surface area (Å²) in [7, 11) is 0. The molecule has 8 heteroatoms. The summed E-state index contributed by atoms with van der Waals surface area (Å²) in [6, 6.07) is 3.08. The van der Waals surface area contributed by atoms with Crippen molar-refractivity contribution in [3.8, 4) is 5.75 Å².